The first-order valence-corrected chi connectivity index (χ1v) is 6.66. The van der Waals surface area contributed by atoms with Crippen molar-refractivity contribution in [3.05, 3.63) is 41.5 Å². The van der Waals surface area contributed by atoms with Crippen LogP contribution in [-0.4, -0.2) is 35.5 Å². The van der Waals surface area contributed by atoms with Gasteiger partial charge in [0.1, 0.15) is 6.04 Å². The average Bonchev–Trinajstić information content (AvgIpc) is 2.48. The second-order valence-corrected chi connectivity index (χ2v) is 4.75. The van der Waals surface area contributed by atoms with Crippen molar-refractivity contribution in [3.8, 4) is 0 Å². The SMILES string of the molecule is O=C(O)C=Cc1ccc(C(=O)NC2CCCNC2=O)cc1. The summed E-state index contributed by atoms with van der Waals surface area (Å²) in [6, 6.07) is 6.00. The maximum atomic E-state index is 12.0. The van der Waals surface area contributed by atoms with Crippen LogP contribution in [0.1, 0.15) is 28.8 Å². The molecule has 1 unspecified atom stereocenters. The Hall–Kier alpha value is -2.63. The second kappa shape index (κ2) is 6.69. The van der Waals surface area contributed by atoms with Crippen molar-refractivity contribution in [3.63, 3.8) is 0 Å². The van der Waals surface area contributed by atoms with E-state index < -0.39 is 12.0 Å². The maximum Gasteiger partial charge on any atom is 0.328 e. The number of hydrogen-bond acceptors (Lipinski definition) is 3. The minimum Gasteiger partial charge on any atom is -0.478 e. The number of aliphatic carboxylic acids is 1. The Morgan fingerprint density at radius 1 is 1.29 bits per heavy atom. The summed E-state index contributed by atoms with van der Waals surface area (Å²) < 4.78 is 0. The van der Waals surface area contributed by atoms with E-state index in [0.717, 1.165) is 12.5 Å². The third-order valence-corrected chi connectivity index (χ3v) is 3.18. The number of nitrogens with one attached hydrogen (secondary N) is 2. The van der Waals surface area contributed by atoms with Crippen LogP contribution in [0, 0.1) is 0 Å². The fourth-order valence-corrected chi connectivity index (χ4v) is 2.06. The number of benzene rings is 1. The lowest BCUT2D eigenvalue weighted by molar-refractivity contribution is -0.131. The number of carbonyl (C=O) groups is 3. The third-order valence-electron chi connectivity index (χ3n) is 3.18. The summed E-state index contributed by atoms with van der Waals surface area (Å²) in [4.78, 5) is 34.0. The molecule has 0 radical (unpaired) electrons. The van der Waals surface area contributed by atoms with Gasteiger partial charge in [-0.15, -0.1) is 0 Å². The van der Waals surface area contributed by atoms with Crippen LogP contribution >= 0.6 is 0 Å². The van der Waals surface area contributed by atoms with Crippen LogP contribution in [0.15, 0.2) is 30.3 Å². The lowest BCUT2D eigenvalue weighted by atomic mass is 10.1. The predicted octanol–water partition coefficient (Wildman–Crippen LogP) is 0.793. The molecule has 21 heavy (non-hydrogen) atoms. The first-order chi connectivity index (χ1) is 10.1. The van der Waals surface area contributed by atoms with E-state index in [4.69, 9.17) is 5.11 Å². The predicted molar refractivity (Wildman–Crippen MR) is 76.6 cm³/mol. The summed E-state index contributed by atoms with van der Waals surface area (Å²) >= 11 is 0. The first-order valence-electron chi connectivity index (χ1n) is 6.66. The number of rotatable bonds is 4. The lowest BCUT2D eigenvalue weighted by Gasteiger charge is -2.22. The summed E-state index contributed by atoms with van der Waals surface area (Å²) in [6.45, 7) is 0.649. The molecule has 110 valence electrons. The molecular weight excluding hydrogens is 272 g/mol. The molecule has 0 saturated carbocycles. The van der Waals surface area contributed by atoms with E-state index in [1.54, 1.807) is 24.3 Å². The molecule has 2 amide bonds. The molecule has 2 rings (SSSR count). The quantitative estimate of drug-likeness (QED) is 0.714. The van der Waals surface area contributed by atoms with Crippen LogP contribution in [0.2, 0.25) is 0 Å². The van der Waals surface area contributed by atoms with Gasteiger partial charge in [0.15, 0.2) is 0 Å². The van der Waals surface area contributed by atoms with Gasteiger partial charge in [-0.3, -0.25) is 9.59 Å². The Kier molecular flexibility index (Phi) is 4.71. The minimum absolute atomic E-state index is 0.157. The van der Waals surface area contributed by atoms with E-state index in [0.29, 0.717) is 24.1 Å². The number of carbonyl (C=O) groups excluding carboxylic acids is 2. The van der Waals surface area contributed by atoms with Gasteiger partial charge in [-0.05, 0) is 36.6 Å². The highest BCUT2D eigenvalue weighted by Gasteiger charge is 2.23. The number of piperidine rings is 1. The molecule has 1 saturated heterocycles. The molecule has 6 nitrogen and oxygen atoms in total. The third kappa shape index (κ3) is 4.17. The molecule has 1 aliphatic rings. The zero-order chi connectivity index (χ0) is 15.2. The Balaban J connectivity index is 1.99. The standard InChI is InChI=1S/C15H16N2O4/c18-13(19)8-5-10-3-6-11(7-4-10)14(20)17-12-2-1-9-16-15(12)21/h3-8,12H,1-2,9H2,(H,16,21)(H,17,20)(H,18,19). The van der Waals surface area contributed by atoms with E-state index in [1.165, 1.54) is 6.08 Å². The molecule has 1 aliphatic heterocycles. The van der Waals surface area contributed by atoms with Gasteiger partial charge in [0.25, 0.3) is 5.91 Å². The number of amides is 2. The molecule has 0 bridgehead atoms. The maximum absolute atomic E-state index is 12.0. The Labute approximate surface area is 121 Å². The van der Waals surface area contributed by atoms with Crippen LogP contribution in [0.25, 0.3) is 6.08 Å². The topological polar surface area (TPSA) is 95.5 Å². The van der Waals surface area contributed by atoms with Crippen LogP contribution < -0.4 is 10.6 Å². The lowest BCUT2D eigenvalue weighted by Crippen LogP contribution is -2.50. The smallest absolute Gasteiger partial charge is 0.328 e. The highest BCUT2D eigenvalue weighted by atomic mass is 16.4. The molecule has 1 aromatic rings. The fraction of sp³-hybridized carbons (Fsp3) is 0.267. The summed E-state index contributed by atoms with van der Waals surface area (Å²) in [6.07, 6.45) is 3.95. The summed E-state index contributed by atoms with van der Waals surface area (Å²) in [7, 11) is 0. The normalized spacial score (nSPS) is 18.3. The van der Waals surface area contributed by atoms with Crippen molar-refractivity contribution in [2.24, 2.45) is 0 Å². The summed E-state index contributed by atoms with van der Waals surface area (Å²) in [5, 5.41) is 13.9. The molecular formula is C15H16N2O4. The molecule has 6 heteroatoms. The Bertz CT molecular complexity index is 578. The van der Waals surface area contributed by atoms with E-state index >= 15 is 0 Å². The van der Waals surface area contributed by atoms with E-state index in [2.05, 4.69) is 10.6 Å². The van der Waals surface area contributed by atoms with Crippen LogP contribution in [0.3, 0.4) is 0 Å². The monoisotopic (exact) mass is 288 g/mol. The average molecular weight is 288 g/mol. The number of hydrogen-bond donors (Lipinski definition) is 3. The minimum atomic E-state index is -1.03. The van der Waals surface area contributed by atoms with Crippen molar-refractivity contribution < 1.29 is 19.5 Å². The zero-order valence-corrected chi connectivity index (χ0v) is 11.3. The van der Waals surface area contributed by atoms with Gasteiger partial charge in [0, 0.05) is 18.2 Å². The highest BCUT2D eigenvalue weighted by molar-refractivity contribution is 5.97. The van der Waals surface area contributed by atoms with Crippen LogP contribution in [0.4, 0.5) is 0 Å². The number of carboxylic acids is 1. The van der Waals surface area contributed by atoms with Gasteiger partial charge in [0.2, 0.25) is 5.91 Å². The molecule has 3 N–H and O–H groups in total. The molecule has 1 fully saturated rings. The highest BCUT2D eigenvalue weighted by Crippen LogP contribution is 2.08. The van der Waals surface area contributed by atoms with Crippen molar-refractivity contribution in [1.29, 1.82) is 0 Å². The molecule has 1 heterocycles. The van der Waals surface area contributed by atoms with Crippen molar-refractivity contribution >= 4 is 23.9 Å². The number of carboxylic acid groups (broad SMARTS) is 1. The molecule has 0 aliphatic carbocycles. The Morgan fingerprint density at radius 2 is 2.00 bits per heavy atom. The second-order valence-electron chi connectivity index (χ2n) is 4.75. The molecule has 0 aromatic heterocycles. The van der Waals surface area contributed by atoms with Gasteiger partial charge in [-0.2, -0.15) is 0 Å². The van der Waals surface area contributed by atoms with Crippen LogP contribution in [0.5, 0.6) is 0 Å². The Morgan fingerprint density at radius 3 is 2.62 bits per heavy atom. The van der Waals surface area contributed by atoms with Gasteiger partial charge < -0.3 is 15.7 Å². The van der Waals surface area contributed by atoms with Crippen LogP contribution in [-0.2, 0) is 9.59 Å². The van der Waals surface area contributed by atoms with Gasteiger partial charge in [-0.25, -0.2) is 4.79 Å². The van der Waals surface area contributed by atoms with Crippen molar-refractivity contribution in [2.45, 2.75) is 18.9 Å². The fourth-order valence-electron chi connectivity index (χ4n) is 2.06. The molecule has 1 atom stereocenters. The molecule has 0 spiro atoms. The first kappa shape index (κ1) is 14.8. The summed E-state index contributed by atoms with van der Waals surface area (Å²) in [5.41, 5.74) is 1.12. The van der Waals surface area contributed by atoms with E-state index in [9.17, 15) is 14.4 Å². The van der Waals surface area contributed by atoms with E-state index in [-0.39, 0.29) is 11.8 Å². The van der Waals surface area contributed by atoms with Crippen molar-refractivity contribution in [2.75, 3.05) is 6.54 Å². The van der Waals surface area contributed by atoms with Gasteiger partial charge in [0.05, 0.1) is 0 Å². The molecule has 1 aromatic carbocycles. The van der Waals surface area contributed by atoms with E-state index in [1.807, 2.05) is 0 Å². The van der Waals surface area contributed by atoms with Crippen molar-refractivity contribution in [1.82, 2.24) is 10.6 Å². The summed E-state index contributed by atoms with van der Waals surface area (Å²) in [5.74, 6) is -1.50. The zero-order valence-electron chi connectivity index (χ0n) is 11.3. The van der Waals surface area contributed by atoms with Gasteiger partial charge in [-0.1, -0.05) is 12.1 Å². The largest absolute Gasteiger partial charge is 0.478 e. The van der Waals surface area contributed by atoms with Gasteiger partial charge >= 0.3 is 5.97 Å².